The monoisotopic (exact) mass is 223 g/mol. The maximum atomic E-state index is 3.52. The topological polar surface area (TPSA) is 18.5 Å². The predicted octanol–water partition coefficient (Wildman–Crippen LogP) is 0.479. The summed E-state index contributed by atoms with van der Waals surface area (Å²) in [7, 11) is 2.27. The fourth-order valence-corrected chi connectivity index (χ4v) is 3.89. The van der Waals surface area contributed by atoms with E-state index in [9.17, 15) is 0 Å². The van der Waals surface area contributed by atoms with Gasteiger partial charge in [-0.1, -0.05) is 0 Å². The highest BCUT2D eigenvalue weighted by atomic mass is 15.2. The molecule has 92 valence electrons. The quantitative estimate of drug-likeness (QED) is 0.734. The van der Waals surface area contributed by atoms with Gasteiger partial charge in [0.1, 0.15) is 0 Å². The Balaban J connectivity index is 1.48. The van der Waals surface area contributed by atoms with E-state index in [2.05, 4.69) is 22.2 Å². The van der Waals surface area contributed by atoms with Crippen molar-refractivity contribution in [2.75, 3.05) is 52.9 Å². The van der Waals surface area contributed by atoms with Gasteiger partial charge in [-0.25, -0.2) is 0 Å². The molecule has 3 fully saturated rings. The van der Waals surface area contributed by atoms with Gasteiger partial charge in [0.15, 0.2) is 0 Å². The van der Waals surface area contributed by atoms with Gasteiger partial charge in [-0.2, -0.15) is 0 Å². The fourth-order valence-electron chi connectivity index (χ4n) is 3.89. The Morgan fingerprint density at radius 3 is 2.56 bits per heavy atom. The number of likely N-dealkylation sites (tertiary alicyclic amines) is 2. The Hall–Kier alpha value is -0.120. The van der Waals surface area contributed by atoms with Crippen LogP contribution in [0.2, 0.25) is 0 Å². The molecule has 3 nitrogen and oxygen atoms in total. The summed E-state index contributed by atoms with van der Waals surface area (Å²) in [5.74, 6) is 2.85. The molecule has 3 saturated heterocycles. The summed E-state index contributed by atoms with van der Waals surface area (Å²) in [4.78, 5) is 5.24. The highest BCUT2D eigenvalue weighted by molar-refractivity contribution is 4.92. The molecular weight excluding hydrogens is 198 g/mol. The van der Waals surface area contributed by atoms with Crippen LogP contribution in [0.4, 0.5) is 0 Å². The van der Waals surface area contributed by atoms with Crippen LogP contribution in [0.5, 0.6) is 0 Å². The van der Waals surface area contributed by atoms with Crippen LogP contribution in [0.15, 0.2) is 0 Å². The lowest BCUT2D eigenvalue weighted by atomic mass is 9.98. The number of hydrogen-bond donors (Lipinski definition) is 1. The van der Waals surface area contributed by atoms with Crippen molar-refractivity contribution in [2.45, 2.75) is 12.8 Å². The third-order valence-electron chi connectivity index (χ3n) is 4.70. The molecule has 0 aromatic heterocycles. The predicted molar refractivity (Wildman–Crippen MR) is 66.5 cm³/mol. The van der Waals surface area contributed by atoms with Crippen LogP contribution in [-0.4, -0.2) is 62.7 Å². The normalized spacial score (nSPS) is 41.4. The van der Waals surface area contributed by atoms with Gasteiger partial charge in [0.05, 0.1) is 0 Å². The van der Waals surface area contributed by atoms with E-state index in [0.717, 1.165) is 17.8 Å². The van der Waals surface area contributed by atoms with Crippen LogP contribution < -0.4 is 5.32 Å². The van der Waals surface area contributed by atoms with Gasteiger partial charge in [0, 0.05) is 26.2 Å². The summed E-state index contributed by atoms with van der Waals surface area (Å²) in [6, 6.07) is 0. The van der Waals surface area contributed by atoms with Gasteiger partial charge < -0.3 is 15.1 Å². The minimum absolute atomic E-state index is 0.936. The first-order valence-corrected chi connectivity index (χ1v) is 6.93. The van der Waals surface area contributed by atoms with E-state index in [1.165, 1.54) is 58.7 Å². The van der Waals surface area contributed by atoms with Gasteiger partial charge in [0.25, 0.3) is 0 Å². The fraction of sp³-hybridized carbons (Fsp3) is 1.00. The molecular formula is C13H25N3. The van der Waals surface area contributed by atoms with Crippen molar-refractivity contribution in [2.24, 2.45) is 17.8 Å². The molecule has 0 aliphatic carbocycles. The van der Waals surface area contributed by atoms with Crippen LogP contribution in [0.3, 0.4) is 0 Å². The van der Waals surface area contributed by atoms with Crippen molar-refractivity contribution in [1.82, 2.24) is 15.1 Å². The summed E-state index contributed by atoms with van der Waals surface area (Å²) in [5.41, 5.74) is 0. The number of piperidine rings is 1. The second kappa shape index (κ2) is 4.63. The van der Waals surface area contributed by atoms with E-state index in [0.29, 0.717) is 0 Å². The smallest absolute Gasteiger partial charge is 0.00257 e. The molecule has 3 rings (SSSR count). The molecule has 3 heteroatoms. The summed E-state index contributed by atoms with van der Waals surface area (Å²) < 4.78 is 0. The molecule has 3 aliphatic heterocycles. The molecule has 3 aliphatic rings. The number of fused-ring (bicyclic) bond motifs is 1. The molecule has 0 spiro atoms. The molecule has 0 amide bonds. The SMILES string of the molecule is CN1CCCC(CN2CC3CNCC3C2)C1. The van der Waals surface area contributed by atoms with E-state index in [1.807, 2.05) is 0 Å². The second-order valence-corrected chi connectivity index (χ2v) is 6.17. The molecule has 1 N–H and O–H groups in total. The summed E-state index contributed by atoms with van der Waals surface area (Å²) in [5, 5.41) is 3.52. The molecule has 0 aromatic rings. The zero-order valence-corrected chi connectivity index (χ0v) is 10.5. The standard InChI is InChI=1S/C13H25N3/c1-15-4-2-3-11(7-15)8-16-9-12-5-14-6-13(12)10-16/h11-14H,2-10H2,1H3. The third kappa shape index (κ3) is 2.27. The van der Waals surface area contributed by atoms with Crippen LogP contribution in [0, 0.1) is 17.8 Å². The van der Waals surface area contributed by atoms with Crippen molar-refractivity contribution in [3.05, 3.63) is 0 Å². The van der Waals surface area contributed by atoms with E-state index < -0.39 is 0 Å². The molecule has 16 heavy (non-hydrogen) atoms. The lowest BCUT2D eigenvalue weighted by Crippen LogP contribution is -2.39. The van der Waals surface area contributed by atoms with E-state index in [1.54, 1.807) is 0 Å². The van der Waals surface area contributed by atoms with Crippen molar-refractivity contribution >= 4 is 0 Å². The van der Waals surface area contributed by atoms with Crippen molar-refractivity contribution in [1.29, 1.82) is 0 Å². The Morgan fingerprint density at radius 1 is 1.12 bits per heavy atom. The van der Waals surface area contributed by atoms with Crippen LogP contribution in [-0.2, 0) is 0 Å². The van der Waals surface area contributed by atoms with E-state index in [-0.39, 0.29) is 0 Å². The molecule has 3 unspecified atom stereocenters. The average Bonchev–Trinajstić information content (AvgIpc) is 2.77. The number of nitrogens with one attached hydrogen (secondary N) is 1. The average molecular weight is 223 g/mol. The first-order valence-electron chi connectivity index (χ1n) is 6.93. The Bertz CT molecular complexity index is 231. The van der Waals surface area contributed by atoms with Crippen LogP contribution in [0.25, 0.3) is 0 Å². The molecule has 3 heterocycles. The minimum Gasteiger partial charge on any atom is -0.316 e. The maximum Gasteiger partial charge on any atom is 0.00257 e. The maximum absolute atomic E-state index is 3.52. The molecule has 0 saturated carbocycles. The Labute approximate surface area is 99.2 Å². The van der Waals surface area contributed by atoms with Crippen molar-refractivity contribution < 1.29 is 0 Å². The first kappa shape index (κ1) is 11.0. The van der Waals surface area contributed by atoms with Crippen molar-refractivity contribution in [3.8, 4) is 0 Å². The van der Waals surface area contributed by atoms with Gasteiger partial charge in [-0.05, 0) is 57.3 Å². The lowest BCUT2D eigenvalue weighted by Gasteiger charge is -2.32. The molecule has 0 bridgehead atoms. The summed E-state index contributed by atoms with van der Waals surface area (Å²) >= 11 is 0. The zero-order valence-electron chi connectivity index (χ0n) is 10.5. The second-order valence-electron chi connectivity index (χ2n) is 6.17. The van der Waals surface area contributed by atoms with Gasteiger partial charge in [-0.3, -0.25) is 0 Å². The first-order chi connectivity index (χ1) is 7.81. The highest BCUT2D eigenvalue weighted by Crippen LogP contribution is 2.28. The Morgan fingerprint density at radius 2 is 1.88 bits per heavy atom. The van der Waals surface area contributed by atoms with Crippen LogP contribution >= 0.6 is 0 Å². The largest absolute Gasteiger partial charge is 0.316 e. The minimum atomic E-state index is 0.936. The third-order valence-corrected chi connectivity index (χ3v) is 4.70. The lowest BCUT2D eigenvalue weighted by molar-refractivity contribution is 0.162. The molecule has 3 atom stereocenters. The van der Waals surface area contributed by atoms with Gasteiger partial charge in [-0.15, -0.1) is 0 Å². The van der Waals surface area contributed by atoms with Crippen molar-refractivity contribution in [3.63, 3.8) is 0 Å². The number of rotatable bonds is 2. The molecule has 0 aromatic carbocycles. The summed E-state index contributed by atoms with van der Waals surface area (Å²) in [6.45, 7) is 9.25. The van der Waals surface area contributed by atoms with Crippen LogP contribution in [0.1, 0.15) is 12.8 Å². The zero-order chi connectivity index (χ0) is 11.0. The molecule has 0 radical (unpaired) electrons. The number of hydrogen-bond acceptors (Lipinski definition) is 3. The summed E-state index contributed by atoms with van der Waals surface area (Å²) in [6.07, 6.45) is 2.86. The van der Waals surface area contributed by atoms with Gasteiger partial charge in [0.2, 0.25) is 0 Å². The van der Waals surface area contributed by atoms with E-state index in [4.69, 9.17) is 0 Å². The number of nitrogens with zero attached hydrogens (tertiary/aromatic N) is 2. The Kier molecular flexibility index (Phi) is 3.18. The highest BCUT2D eigenvalue weighted by Gasteiger charge is 2.36. The van der Waals surface area contributed by atoms with Gasteiger partial charge >= 0.3 is 0 Å². The van der Waals surface area contributed by atoms with E-state index >= 15 is 0 Å².